The quantitative estimate of drug-likeness (QED) is 0.284. The van der Waals surface area contributed by atoms with E-state index in [9.17, 15) is 14.7 Å². The monoisotopic (exact) mass is 456 g/mol. The summed E-state index contributed by atoms with van der Waals surface area (Å²) in [5.74, 6) is -0.326. The molecule has 1 saturated heterocycles. The van der Waals surface area contributed by atoms with Gasteiger partial charge in [-0.25, -0.2) is 4.98 Å². The largest absolute Gasteiger partial charge is 0.507 e. The van der Waals surface area contributed by atoms with Crippen LogP contribution in [0.25, 0.3) is 5.76 Å². The number of benzene rings is 2. The van der Waals surface area contributed by atoms with E-state index in [-0.39, 0.29) is 11.3 Å². The Morgan fingerprint density at radius 3 is 2.32 bits per heavy atom. The highest BCUT2D eigenvalue weighted by Gasteiger charge is 2.47. The highest BCUT2D eigenvalue weighted by atomic mass is 16.5. The Hall–Kier alpha value is -3.93. The van der Waals surface area contributed by atoms with Gasteiger partial charge in [-0.05, 0) is 59.9 Å². The number of aromatic nitrogens is 1. The van der Waals surface area contributed by atoms with Crippen LogP contribution in [0.3, 0.4) is 0 Å². The summed E-state index contributed by atoms with van der Waals surface area (Å²) in [5, 5.41) is 11.2. The van der Waals surface area contributed by atoms with E-state index in [0.29, 0.717) is 29.7 Å². The minimum Gasteiger partial charge on any atom is -0.507 e. The van der Waals surface area contributed by atoms with E-state index in [1.54, 1.807) is 48.7 Å². The van der Waals surface area contributed by atoms with Crippen LogP contribution in [0.2, 0.25) is 0 Å². The third-order valence-corrected chi connectivity index (χ3v) is 5.86. The summed E-state index contributed by atoms with van der Waals surface area (Å²) in [6.07, 6.45) is 2.46. The maximum Gasteiger partial charge on any atom is 0.301 e. The summed E-state index contributed by atoms with van der Waals surface area (Å²) in [4.78, 5) is 32.0. The number of ketones is 1. The number of nitrogens with zero attached hydrogens (tertiary/aromatic N) is 2. The van der Waals surface area contributed by atoms with Crippen LogP contribution in [-0.4, -0.2) is 28.4 Å². The van der Waals surface area contributed by atoms with Crippen molar-refractivity contribution in [2.75, 3.05) is 11.5 Å². The van der Waals surface area contributed by atoms with E-state index in [0.717, 1.165) is 17.5 Å². The predicted molar refractivity (Wildman–Crippen MR) is 132 cm³/mol. The number of hydrogen-bond donors (Lipinski definition) is 1. The molecule has 0 spiro atoms. The number of Topliss-reactive ketones (excluding diaryl/α,β-unsaturated/α-hetero) is 1. The van der Waals surface area contributed by atoms with E-state index in [2.05, 4.69) is 18.8 Å². The summed E-state index contributed by atoms with van der Waals surface area (Å²) in [6, 6.07) is 19.0. The molecule has 6 heteroatoms. The third kappa shape index (κ3) is 4.44. The van der Waals surface area contributed by atoms with Gasteiger partial charge in [-0.2, -0.15) is 0 Å². The van der Waals surface area contributed by atoms with Gasteiger partial charge >= 0.3 is 5.91 Å². The van der Waals surface area contributed by atoms with Crippen LogP contribution in [0, 0.1) is 0 Å². The minimum atomic E-state index is -0.799. The summed E-state index contributed by atoms with van der Waals surface area (Å²) < 4.78 is 5.61. The molecule has 1 fully saturated rings. The van der Waals surface area contributed by atoms with E-state index < -0.39 is 17.7 Å². The summed E-state index contributed by atoms with van der Waals surface area (Å²) in [7, 11) is 0. The van der Waals surface area contributed by atoms with E-state index in [4.69, 9.17) is 4.74 Å². The highest BCUT2D eigenvalue weighted by molar-refractivity contribution is 6.51. The Morgan fingerprint density at radius 1 is 1.03 bits per heavy atom. The Bertz CT molecular complexity index is 1200. The number of rotatable bonds is 7. The first-order valence-corrected chi connectivity index (χ1v) is 11.5. The van der Waals surface area contributed by atoms with E-state index >= 15 is 0 Å². The van der Waals surface area contributed by atoms with E-state index in [1.165, 1.54) is 4.90 Å². The van der Waals surface area contributed by atoms with Gasteiger partial charge in [-0.3, -0.25) is 14.5 Å². The second-order valence-corrected chi connectivity index (χ2v) is 8.55. The molecule has 1 atom stereocenters. The topological polar surface area (TPSA) is 79.7 Å². The zero-order chi connectivity index (χ0) is 24.2. The van der Waals surface area contributed by atoms with Crippen molar-refractivity contribution in [3.05, 3.63) is 95.2 Å². The number of carbonyl (C=O) groups is 2. The molecular weight excluding hydrogens is 428 g/mol. The van der Waals surface area contributed by atoms with Crippen molar-refractivity contribution in [1.82, 2.24) is 4.98 Å². The van der Waals surface area contributed by atoms with Gasteiger partial charge < -0.3 is 9.84 Å². The average Bonchev–Trinajstić information content (AvgIpc) is 3.13. The number of amides is 1. The molecule has 0 saturated carbocycles. The number of pyridine rings is 1. The standard InChI is InChI=1S/C28H28N2O4/c1-4-17-34-22-14-12-21(13-15-22)26(31)24-25(20-10-8-19(9-11-20)18(2)3)30(28(33)27(24)32)23-7-5-6-16-29-23/h5-16,18,25,31H,4,17H2,1-3H3/t25-/m1/s1. The molecule has 0 aliphatic carbocycles. The van der Waals surface area contributed by atoms with Crippen molar-refractivity contribution in [2.24, 2.45) is 0 Å². The van der Waals surface area contributed by atoms with Gasteiger partial charge in [0.05, 0.1) is 18.2 Å². The third-order valence-electron chi connectivity index (χ3n) is 5.86. The normalized spacial score (nSPS) is 17.4. The first-order chi connectivity index (χ1) is 16.4. The summed E-state index contributed by atoms with van der Waals surface area (Å²) in [6.45, 7) is 6.81. The highest BCUT2D eigenvalue weighted by Crippen LogP contribution is 2.41. The zero-order valence-electron chi connectivity index (χ0n) is 19.6. The number of ether oxygens (including phenoxy) is 1. The summed E-state index contributed by atoms with van der Waals surface area (Å²) >= 11 is 0. The van der Waals surface area contributed by atoms with Crippen LogP contribution in [0.4, 0.5) is 5.82 Å². The average molecular weight is 457 g/mol. The lowest BCUT2D eigenvalue weighted by Gasteiger charge is -2.24. The number of hydrogen-bond acceptors (Lipinski definition) is 5. The lowest BCUT2D eigenvalue weighted by Crippen LogP contribution is -2.30. The van der Waals surface area contributed by atoms with Crippen molar-refractivity contribution in [1.29, 1.82) is 0 Å². The van der Waals surface area contributed by atoms with E-state index in [1.807, 2.05) is 31.2 Å². The van der Waals surface area contributed by atoms with Crippen LogP contribution >= 0.6 is 0 Å². The lowest BCUT2D eigenvalue weighted by atomic mass is 9.93. The molecule has 2 aromatic carbocycles. The fraction of sp³-hybridized carbons (Fsp3) is 0.250. The van der Waals surface area contributed by atoms with Crippen LogP contribution in [0.5, 0.6) is 5.75 Å². The number of anilines is 1. The van der Waals surface area contributed by atoms with Gasteiger partial charge in [0.2, 0.25) is 0 Å². The number of aliphatic hydroxyl groups excluding tert-OH is 1. The Morgan fingerprint density at radius 2 is 1.74 bits per heavy atom. The van der Waals surface area contributed by atoms with Gasteiger partial charge in [0.25, 0.3) is 5.78 Å². The fourth-order valence-electron chi connectivity index (χ4n) is 4.03. The van der Waals surface area contributed by atoms with Gasteiger partial charge in [0.15, 0.2) is 0 Å². The molecule has 1 aliphatic heterocycles. The SMILES string of the molecule is CCCOc1ccc(C(O)=C2C(=O)C(=O)N(c3ccccn3)[C@@H]2c2ccc(C(C)C)cc2)cc1. The van der Waals surface area contributed by atoms with Crippen molar-refractivity contribution in [3.8, 4) is 5.75 Å². The molecule has 1 amide bonds. The van der Waals surface area contributed by atoms with Crippen LogP contribution in [-0.2, 0) is 9.59 Å². The molecule has 1 aromatic heterocycles. The molecule has 2 heterocycles. The van der Waals surface area contributed by atoms with Crippen molar-refractivity contribution in [2.45, 2.75) is 39.2 Å². The molecule has 1 N–H and O–H groups in total. The van der Waals surface area contributed by atoms with Gasteiger partial charge in [0, 0.05) is 11.8 Å². The van der Waals surface area contributed by atoms with Gasteiger partial charge in [-0.1, -0.05) is 51.1 Å². The molecule has 3 aromatic rings. The number of aliphatic hydroxyl groups is 1. The van der Waals surface area contributed by atoms with Crippen molar-refractivity contribution in [3.63, 3.8) is 0 Å². The van der Waals surface area contributed by atoms with Gasteiger partial charge in [0.1, 0.15) is 17.3 Å². The molecule has 0 radical (unpaired) electrons. The molecular formula is C28H28N2O4. The summed E-state index contributed by atoms with van der Waals surface area (Å²) in [5.41, 5.74) is 2.33. The predicted octanol–water partition coefficient (Wildman–Crippen LogP) is 5.62. The Kier molecular flexibility index (Phi) is 6.77. The minimum absolute atomic E-state index is 0.0372. The first-order valence-electron chi connectivity index (χ1n) is 11.5. The molecule has 6 nitrogen and oxygen atoms in total. The Labute approximate surface area is 199 Å². The van der Waals surface area contributed by atoms with Crippen LogP contribution < -0.4 is 9.64 Å². The van der Waals surface area contributed by atoms with Crippen molar-refractivity contribution >= 4 is 23.3 Å². The van der Waals surface area contributed by atoms with Gasteiger partial charge in [-0.15, -0.1) is 0 Å². The Balaban J connectivity index is 1.83. The molecule has 34 heavy (non-hydrogen) atoms. The number of carbonyl (C=O) groups excluding carboxylic acids is 2. The molecule has 0 unspecified atom stereocenters. The molecule has 174 valence electrons. The first kappa shape index (κ1) is 23.2. The maximum absolute atomic E-state index is 13.2. The second-order valence-electron chi connectivity index (χ2n) is 8.55. The smallest absolute Gasteiger partial charge is 0.301 e. The molecule has 1 aliphatic rings. The molecule has 0 bridgehead atoms. The fourth-order valence-corrected chi connectivity index (χ4v) is 4.03. The van der Waals surface area contributed by atoms with Crippen LogP contribution in [0.1, 0.15) is 55.8 Å². The van der Waals surface area contributed by atoms with Crippen LogP contribution in [0.15, 0.2) is 78.5 Å². The van der Waals surface area contributed by atoms with Crippen molar-refractivity contribution < 1.29 is 19.4 Å². The lowest BCUT2D eigenvalue weighted by molar-refractivity contribution is -0.132. The maximum atomic E-state index is 13.2. The molecule has 4 rings (SSSR count). The zero-order valence-corrected chi connectivity index (χ0v) is 19.6. The second kappa shape index (κ2) is 9.91.